The highest BCUT2D eigenvalue weighted by Gasteiger charge is 2.25. The Labute approximate surface area is 212 Å². The highest BCUT2D eigenvalue weighted by molar-refractivity contribution is 14.0. The molecule has 7 heteroatoms. The van der Waals surface area contributed by atoms with Crippen LogP contribution in [0.5, 0.6) is 0 Å². The minimum atomic E-state index is 0. The number of rotatable bonds is 5. The van der Waals surface area contributed by atoms with Crippen LogP contribution < -0.4 is 10.9 Å². The molecule has 2 heterocycles. The molecule has 174 valence electrons. The number of hydrogen-bond acceptors (Lipinski definition) is 3. The van der Waals surface area contributed by atoms with Crippen LogP contribution in [0.3, 0.4) is 0 Å². The molecular weight excluding hydrogens is 527 g/mol. The lowest BCUT2D eigenvalue weighted by Crippen LogP contribution is -2.48. The molecule has 1 aliphatic rings. The summed E-state index contributed by atoms with van der Waals surface area (Å²) in [6.45, 7) is 5.64. The number of nitrogens with zero attached hydrogens (tertiary/aromatic N) is 3. The predicted molar refractivity (Wildman–Crippen MR) is 143 cm³/mol. The summed E-state index contributed by atoms with van der Waals surface area (Å²) >= 11 is 0. The van der Waals surface area contributed by atoms with Crippen molar-refractivity contribution >= 4 is 29.9 Å². The Morgan fingerprint density at radius 2 is 1.79 bits per heavy atom. The number of aliphatic imine (C=N–C) groups is 1. The molecule has 3 aromatic rings. The van der Waals surface area contributed by atoms with E-state index < -0.39 is 0 Å². The van der Waals surface area contributed by atoms with Crippen molar-refractivity contribution in [2.75, 3.05) is 26.7 Å². The van der Waals surface area contributed by atoms with Gasteiger partial charge in [-0.2, -0.15) is 0 Å². The highest BCUT2D eigenvalue weighted by atomic mass is 127. The van der Waals surface area contributed by atoms with E-state index in [4.69, 9.17) is 4.74 Å². The Bertz CT molecular complexity index is 1130. The third-order valence-corrected chi connectivity index (χ3v) is 5.84. The second-order valence-electron chi connectivity index (χ2n) is 8.05. The molecule has 0 aliphatic carbocycles. The van der Waals surface area contributed by atoms with Crippen LogP contribution in [-0.4, -0.2) is 42.2 Å². The lowest BCUT2D eigenvalue weighted by molar-refractivity contribution is -0.00833. The molecule has 1 aliphatic heterocycles. The maximum absolute atomic E-state index is 11.9. The Morgan fingerprint density at radius 3 is 2.52 bits per heavy atom. The van der Waals surface area contributed by atoms with Crippen LogP contribution in [0.1, 0.15) is 28.4 Å². The molecule has 1 fully saturated rings. The molecule has 1 atom stereocenters. The van der Waals surface area contributed by atoms with E-state index in [1.807, 2.05) is 19.3 Å². The Morgan fingerprint density at radius 1 is 1.06 bits per heavy atom. The van der Waals surface area contributed by atoms with Crippen molar-refractivity contribution in [3.05, 3.63) is 106 Å². The van der Waals surface area contributed by atoms with Gasteiger partial charge in [-0.3, -0.25) is 9.79 Å². The molecular formula is C26H31IN4O2. The van der Waals surface area contributed by atoms with Gasteiger partial charge in [-0.1, -0.05) is 54.6 Å². The monoisotopic (exact) mass is 558 g/mol. The van der Waals surface area contributed by atoms with Crippen molar-refractivity contribution in [2.45, 2.75) is 26.1 Å². The smallest absolute Gasteiger partial charge is 0.250 e. The van der Waals surface area contributed by atoms with Crippen molar-refractivity contribution in [2.24, 2.45) is 4.99 Å². The SMILES string of the molecule is CN=C(NCc1ccc(Cn2ccccc2=O)cc1)N1CCOC(c2ccccc2C)C1.I. The molecule has 0 radical (unpaired) electrons. The number of ether oxygens (including phenoxy) is 1. The van der Waals surface area contributed by atoms with E-state index in [0.29, 0.717) is 19.7 Å². The second-order valence-corrected chi connectivity index (χ2v) is 8.05. The van der Waals surface area contributed by atoms with Crippen LogP contribution in [0.25, 0.3) is 0 Å². The minimum absolute atomic E-state index is 0. The van der Waals surface area contributed by atoms with Crippen molar-refractivity contribution in [1.82, 2.24) is 14.8 Å². The molecule has 1 aromatic heterocycles. The Kier molecular flexibility index (Phi) is 9.08. The van der Waals surface area contributed by atoms with Gasteiger partial charge in [0.25, 0.3) is 5.56 Å². The summed E-state index contributed by atoms with van der Waals surface area (Å²) in [5, 5.41) is 3.49. The van der Waals surface area contributed by atoms with Gasteiger partial charge in [0.05, 0.1) is 19.7 Å². The van der Waals surface area contributed by atoms with Gasteiger partial charge in [0, 0.05) is 32.4 Å². The van der Waals surface area contributed by atoms with Gasteiger partial charge in [-0.05, 0) is 35.2 Å². The fourth-order valence-corrected chi connectivity index (χ4v) is 4.04. The zero-order chi connectivity index (χ0) is 22.3. The first kappa shape index (κ1) is 25.0. The van der Waals surface area contributed by atoms with Crippen molar-refractivity contribution in [1.29, 1.82) is 0 Å². The van der Waals surface area contributed by atoms with E-state index in [9.17, 15) is 4.79 Å². The highest BCUT2D eigenvalue weighted by Crippen LogP contribution is 2.25. The van der Waals surface area contributed by atoms with Gasteiger partial charge in [-0.15, -0.1) is 24.0 Å². The lowest BCUT2D eigenvalue weighted by atomic mass is 10.0. The molecule has 1 N–H and O–H groups in total. The largest absolute Gasteiger partial charge is 0.370 e. The number of halogens is 1. The molecule has 0 bridgehead atoms. The lowest BCUT2D eigenvalue weighted by Gasteiger charge is -2.35. The van der Waals surface area contributed by atoms with Crippen LogP contribution in [0.4, 0.5) is 0 Å². The van der Waals surface area contributed by atoms with Crippen LogP contribution in [0.2, 0.25) is 0 Å². The van der Waals surface area contributed by atoms with Gasteiger partial charge >= 0.3 is 0 Å². The van der Waals surface area contributed by atoms with E-state index >= 15 is 0 Å². The first-order valence-corrected chi connectivity index (χ1v) is 11.0. The normalized spacial score (nSPS) is 16.2. The van der Waals surface area contributed by atoms with E-state index in [2.05, 4.69) is 70.7 Å². The van der Waals surface area contributed by atoms with E-state index in [1.54, 1.807) is 16.7 Å². The third-order valence-electron chi connectivity index (χ3n) is 5.84. The van der Waals surface area contributed by atoms with Crippen molar-refractivity contribution < 1.29 is 4.74 Å². The summed E-state index contributed by atoms with van der Waals surface area (Å²) in [4.78, 5) is 18.7. The first-order chi connectivity index (χ1) is 15.6. The fourth-order valence-electron chi connectivity index (χ4n) is 4.04. The van der Waals surface area contributed by atoms with Gasteiger partial charge in [0.2, 0.25) is 0 Å². The maximum Gasteiger partial charge on any atom is 0.250 e. The molecule has 0 saturated carbocycles. The number of morpholine rings is 1. The summed E-state index contributed by atoms with van der Waals surface area (Å²) in [7, 11) is 1.82. The van der Waals surface area contributed by atoms with Crippen molar-refractivity contribution in [3.63, 3.8) is 0 Å². The number of benzene rings is 2. The number of aromatic nitrogens is 1. The fraction of sp³-hybridized carbons (Fsp3) is 0.308. The van der Waals surface area contributed by atoms with E-state index in [0.717, 1.165) is 24.6 Å². The summed E-state index contributed by atoms with van der Waals surface area (Å²) in [6.07, 6.45) is 1.86. The summed E-state index contributed by atoms with van der Waals surface area (Å²) < 4.78 is 7.76. The van der Waals surface area contributed by atoms with Crippen LogP contribution in [0, 0.1) is 6.92 Å². The molecule has 33 heavy (non-hydrogen) atoms. The van der Waals surface area contributed by atoms with Gasteiger partial charge < -0.3 is 19.5 Å². The average Bonchev–Trinajstić information content (AvgIpc) is 2.82. The van der Waals surface area contributed by atoms with Crippen LogP contribution in [-0.2, 0) is 17.8 Å². The topological polar surface area (TPSA) is 58.9 Å². The van der Waals surface area contributed by atoms with E-state index in [1.165, 1.54) is 16.7 Å². The molecule has 6 nitrogen and oxygen atoms in total. The number of guanidine groups is 1. The van der Waals surface area contributed by atoms with Gasteiger partial charge in [0.1, 0.15) is 6.10 Å². The maximum atomic E-state index is 11.9. The summed E-state index contributed by atoms with van der Waals surface area (Å²) in [6, 6.07) is 22.0. The number of aryl methyl sites for hydroxylation is 1. The average molecular weight is 558 g/mol. The zero-order valence-electron chi connectivity index (χ0n) is 19.1. The first-order valence-electron chi connectivity index (χ1n) is 11.0. The molecule has 1 unspecified atom stereocenters. The Balaban J connectivity index is 0.00000306. The zero-order valence-corrected chi connectivity index (χ0v) is 21.4. The quantitative estimate of drug-likeness (QED) is 0.293. The number of pyridine rings is 1. The molecule has 0 amide bonds. The Hall–Kier alpha value is -2.65. The molecule has 1 saturated heterocycles. The van der Waals surface area contributed by atoms with Crippen LogP contribution in [0.15, 0.2) is 82.7 Å². The third kappa shape index (κ3) is 6.45. The van der Waals surface area contributed by atoms with E-state index in [-0.39, 0.29) is 35.6 Å². The number of hydrogen-bond donors (Lipinski definition) is 1. The van der Waals surface area contributed by atoms with Crippen LogP contribution >= 0.6 is 24.0 Å². The van der Waals surface area contributed by atoms with Crippen molar-refractivity contribution in [3.8, 4) is 0 Å². The predicted octanol–water partition coefficient (Wildman–Crippen LogP) is 3.97. The van der Waals surface area contributed by atoms with Gasteiger partial charge in [-0.25, -0.2) is 0 Å². The summed E-state index contributed by atoms with van der Waals surface area (Å²) in [5.74, 6) is 0.881. The molecule has 2 aromatic carbocycles. The number of nitrogens with one attached hydrogen (secondary N) is 1. The summed E-state index contributed by atoms with van der Waals surface area (Å²) in [5.41, 5.74) is 4.76. The molecule has 0 spiro atoms. The molecule has 4 rings (SSSR count). The standard InChI is InChI=1S/C26H30N4O2.HI/c1-20-7-3-4-8-23(20)24-19-30(15-16-32-24)26(27-2)28-17-21-10-12-22(13-11-21)18-29-14-6-5-9-25(29)31;/h3-14,24H,15-19H2,1-2H3,(H,27,28);1H. The second kappa shape index (κ2) is 12.0. The van der Waals surface area contributed by atoms with Gasteiger partial charge in [0.15, 0.2) is 5.96 Å². The minimum Gasteiger partial charge on any atom is -0.370 e.